The molecule has 132 valence electrons. The van der Waals surface area contributed by atoms with Crippen LogP contribution in [0, 0.1) is 6.92 Å². The fourth-order valence-electron chi connectivity index (χ4n) is 3.26. The molecule has 2 N–H and O–H groups in total. The van der Waals surface area contributed by atoms with Crippen molar-refractivity contribution in [2.45, 2.75) is 39.3 Å². The van der Waals surface area contributed by atoms with Gasteiger partial charge in [0.15, 0.2) is 5.76 Å². The normalized spacial score (nSPS) is 18.6. The van der Waals surface area contributed by atoms with Crippen molar-refractivity contribution in [3.8, 4) is 11.5 Å². The van der Waals surface area contributed by atoms with Crippen LogP contribution in [0.2, 0.25) is 0 Å². The lowest BCUT2D eigenvalue weighted by Gasteiger charge is -2.43. The molecule has 1 aliphatic rings. The monoisotopic (exact) mass is 332 g/mol. The van der Waals surface area contributed by atoms with Gasteiger partial charge >= 0.3 is 0 Å². The van der Waals surface area contributed by atoms with E-state index in [0.29, 0.717) is 0 Å². The molecule has 24 heavy (non-hydrogen) atoms. The van der Waals surface area contributed by atoms with Gasteiger partial charge in [0, 0.05) is 37.3 Å². The Labute approximate surface area is 143 Å². The topological polar surface area (TPSA) is 66.3 Å². The summed E-state index contributed by atoms with van der Waals surface area (Å²) < 4.78 is 11.2. The van der Waals surface area contributed by atoms with E-state index in [-0.39, 0.29) is 5.54 Å². The maximum atomic E-state index is 5.71. The van der Waals surface area contributed by atoms with Gasteiger partial charge in [-0.15, -0.1) is 0 Å². The standard InChI is InChI=1S/C18H28N4O2/c1-4-18(3,22-7-9-23-10-8-22)13-19-11-15-12-20-21-17(15)16-6-5-14(2)24-16/h5-6,12,19H,4,7-11,13H2,1-3H3,(H,20,21)/t18-/m0/s1. The van der Waals surface area contributed by atoms with Gasteiger partial charge in [0.25, 0.3) is 0 Å². The minimum atomic E-state index is 0.148. The summed E-state index contributed by atoms with van der Waals surface area (Å²) in [5.41, 5.74) is 2.24. The highest BCUT2D eigenvalue weighted by molar-refractivity contribution is 5.56. The van der Waals surface area contributed by atoms with Crippen molar-refractivity contribution in [1.29, 1.82) is 0 Å². The van der Waals surface area contributed by atoms with Crippen molar-refractivity contribution >= 4 is 0 Å². The van der Waals surface area contributed by atoms with Gasteiger partial charge < -0.3 is 14.5 Å². The van der Waals surface area contributed by atoms with Crippen LogP contribution in [0.5, 0.6) is 0 Å². The zero-order valence-electron chi connectivity index (χ0n) is 14.9. The van der Waals surface area contributed by atoms with Crippen molar-refractivity contribution in [3.63, 3.8) is 0 Å². The van der Waals surface area contributed by atoms with Crippen LogP contribution in [0.25, 0.3) is 11.5 Å². The van der Waals surface area contributed by atoms with Crippen LogP contribution in [-0.2, 0) is 11.3 Å². The van der Waals surface area contributed by atoms with Crippen molar-refractivity contribution in [2.24, 2.45) is 0 Å². The number of nitrogens with one attached hydrogen (secondary N) is 2. The number of hydrogen-bond donors (Lipinski definition) is 2. The van der Waals surface area contributed by atoms with Crippen LogP contribution in [0.15, 0.2) is 22.7 Å². The van der Waals surface area contributed by atoms with Crippen LogP contribution >= 0.6 is 0 Å². The quantitative estimate of drug-likeness (QED) is 0.816. The van der Waals surface area contributed by atoms with E-state index in [9.17, 15) is 0 Å². The predicted octanol–water partition coefficient (Wildman–Crippen LogP) is 2.57. The summed E-state index contributed by atoms with van der Waals surface area (Å²) in [6, 6.07) is 3.95. The summed E-state index contributed by atoms with van der Waals surface area (Å²) >= 11 is 0. The Morgan fingerprint density at radius 1 is 1.33 bits per heavy atom. The summed E-state index contributed by atoms with van der Waals surface area (Å²) in [7, 11) is 0. The van der Waals surface area contributed by atoms with E-state index in [4.69, 9.17) is 9.15 Å². The molecule has 0 unspecified atom stereocenters. The largest absolute Gasteiger partial charge is 0.460 e. The Kier molecular flexibility index (Phi) is 5.38. The van der Waals surface area contributed by atoms with Crippen molar-refractivity contribution in [2.75, 3.05) is 32.8 Å². The van der Waals surface area contributed by atoms with Gasteiger partial charge in [0.05, 0.1) is 19.4 Å². The third-order valence-corrected chi connectivity index (χ3v) is 5.06. The number of aryl methyl sites for hydroxylation is 1. The molecule has 1 aliphatic heterocycles. The maximum Gasteiger partial charge on any atom is 0.152 e. The molecule has 3 heterocycles. The lowest BCUT2D eigenvalue weighted by atomic mass is 9.95. The molecule has 6 heteroatoms. The van der Waals surface area contributed by atoms with Gasteiger partial charge in [-0.05, 0) is 32.4 Å². The SMILES string of the molecule is CC[C@@](C)(CNCc1cn[nH]c1-c1ccc(C)o1)N1CCOCC1. The molecule has 1 atom stereocenters. The van der Waals surface area contributed by atoms with Crippen LogP contribution in [0.4, 0.5) is 0 Å². The number of hydrogen-bond acceptors (Lipinski definition) is 5. The van der Waals surface area contributed by atoms with Crippen molar-refractivity contribution in [3.05, 3.63) is 29.7 Å². The second kappa shape index (κ2) is 7.51. The molecule has 0 radical (unpaired) electrons. The maximum absolute atomic E-state index is 5.71. The van der Waals surface area contributed by atoms with Gasteiger partial charge in [-0.2, -0.15) is 5.10 Å². The summed E-state index contributed by atoms with van der Waals surface area (Å²) in [4.78, 5) is 2.54. The number of morpholine rings is 1. The Morgan fingerprint density at radius 3 is 2.79 bits per heavy atom. The predicted molar refractivity (Wildman–Crippen MR) is 93.8 cm³/mol. The molecule has 0 aliphatic carbocycles. The summed E-state index contributed by atoms with van der Waals surface area (Å²) in [5, 5.41) is 10.8. The minimum Gasteiger partial charge on any atom is -0.460 e. The second-order valence-corrected chi connectivity index (χ2v) is 6.73. The smallest absolute Gasteiger partial charge is 0.152 e. The van der Waals surface area contributed by atoms with Gasteiger partial charge in [0.1, 0.15) is 11.5 Å². The first kappa shape index (κ1) is 17.2. The molecule has 2 aromatic heterocycles. The van der Waals surface area contributed by atoms with Crippen LogP contribution < -0.4 is 5.32 Å². The zero-order chi connectivity index (χ0) is 17.0. The van der Waals surface area contributed by atoms with Gasteiger partial charge in [-0.25, -0.2) is 0 Å². The molecule has 2 aromatic rings. The molecule has 0 amide bonds. The molecule has 0 bridgehead atoms. The number of aromatic nitrogens is 2. The first-order valence-electron chi connectivity index (χ1n) is 8.75. The summed E-state index contributed by atoms with van der Waals surface area (Å²) in [6.45, 7) is 11.9. The first-order chi connectivity index (χ1) is 11.6. The summed E-state index contributed by atoms with van der Waals surface area (Å²) in [6.07, 6.45) is 2.98. The first-order valence-corrected chi connectivity index (χ1v) is 8.75. The third kappa shape index (κ3) is 3.71. The van der Waals surface area contributed by atoms with Crippen LogP contribution in [0.1, 0.15) is 31.6 Å². The van der Waals surface area contributed by atoms with Gasteiger partial charge in [0.2, 0.25) is 0 Å². The van der Waals surface area contributed by atoms with E-state index in [0.717, 1.165) is 68.6 Å². The fourth-order valence-corrected chi connectivity index (χ4v) is 3.26. The lowest BCUT2D eigenvalue weighted by molar-refractivity contribution is -0.0175. The molecule has 6 nitrogen and oxygen atoms in total. The number of ether oxygens (including phenoxy) is 1. The Hall–Kier alpha value is -1.63. The molecule has 0 spiro atoms. The molecule has 3 rings (SSSR count). The van der Waals surface area contributed by atoms with E-state index in [1.54, 1.807) is 0 Å². The molecular weight excluding hydrogens is 304 g/mol. The molecule has 0 aromatic carbocycles. The van der Waals surface area contributed by atoms with Crippen LogP contribution in [-0.4, -0.2) is 53.5 Å². The van der Waals surface area contributed by atoms with Gasteiger partial charge in [-0.3, -0.25) is 10.00 Å². The van der Waals surface area contributed by atoms with Crippen LogP contribution in [0.3, 0.4) is 0 Å². The number of nitrogens with zero attached hydrogens (tertiary/aromatic N) is 2. The number of aromatic amines is 1. The Balaban J connectivity index is 1.61. The second-order valence-electron chi connectivity index (χ2n) is 6.73. The number of furan rings is 1. The highest BCUT2D eigenvalue weighted by Crippen LogP contribution is 2.24. The lowest BCUT2D eigenvalue weighted by Crippen LogP contribution is -2.56. The molecule has 0 saturated carbocycles. The van der Waals surface area contributed by atoms with Crippen molar-refractivity contribution in [1.82, 2.24) is 20.4 Å². The summed E-state index contributed by atoms with van der Waals surface area (Å²) in [5.74, 6) is 1.75. The Morgan fingerprint density at radius 2 is 2.12 bits per heavy atom. The molecule has 1 saturated heterocycles. The van der Waals surface area contributed by atoms with Gasteiger partial charge in [-0.1, -0.05) is 6.92 Å². The average Bonchev–Trinajstić information content (AvgIpc) is 3.24. The molecule has 1 fully saturated rings. The zero-order valence-corrected chi connectivity index (χ0v) is 14.9. The van der Waals surface area contributed by atoms with Crippen molar-refractivity contribution < 1.29 is 9.15 Å². The van der Waals surface area contributed by atoms with E-state index >= 15 is 0 Å². The highest BCUT2D eigenvalue weighted by atomic mass is 16.5. The van der Waals surface area contributed by atoms with E-state index in [1.165, 1.54) is 0 Å². The Bertz CT molecular complexity index is 645. The number of rotatable bonds is 7. The number of H-pyrrole nitrogens is 1. The minimum absolute atomic E-state index is 0.148. The molecular formula is C18H28N4O2. The van der Waals surface area contributed by atoms with E-state index in [2.05, 4.69) is 34.3 Å². The van der Waals surface area contributed by atoms with E-state index in [1.807, 2.05) is 25.3 Å². The third-order valence-electron chi connectivity index (χ3n) is 5.06. The highest BCUT2D eigenvalue weighted by Gasteiger charge is 2.30. The van der Waals surface area contributed by atoms with E-state index < -0.39 is 0 Å². The average molecular weight is 332 g/mol. The fraction of sp³-hybridized carbons (Fsp3) is 0.611.